The zero-order valence-electron chi connectivity index (χ0n) is 7.79. The van der Waals surface area contributed by atoms with Crippen molar-refractivity contribution in [2.75, 3.05) is 19.8 Å². The van der Waals surface area contributed by atoms with Crippen molar-refractivity contribution in [3.05, 3.63) is 0 Å². The van der Waals surface area contributed by atoms with E-state index in [2.05, 4.69) is 6.92 Å². The largest absolute Gasteiger partial charge is 0.381 e. The fraction of sp³-hybridized carbons (Fsp3) is 1.00. The SMILES string of the molecule is CCC(N)COC1CCOCC1. The van der Waals surface area contributed by atoms with E-state index in [1.807, 2.05) is 0 Å². The van der Waals surface area contributed by atoms with Gasteiger partial charge in [0, 0.05) is 19.3 Å². The Labute approximate surface area is 74.2 Å². The molecule has 1 atom stereocenters. The predicted molar refractivity (Wildman–Crippen MR) is 48.1 cm³/mol. The molecule has 1 saturated heterocycles. The summed E-state index contributed by atoms with van der Waals surface area (Å²) in [6.45, 7) is 4.46. The van der Waals surface area contributed by atoms with Gasteiger partial charge in [-0.2, -0.15) is 0 Å². The molecule has 3 nitrogen and oxygen atoms in total. The Kier molecular flexibility index (Phi) is 4.58. The molecule has 1 aliphatic rings. The number of hydrogen-bond acceptors (Lipinski definition) is 3. The van der Waals surface area contributed by atoms with E-state index >= 15 is 0 Å². The molecule has 1 heterocycles. The summed E-state index contributed by atoms with van der Waals surface area (Å²) in [5.41, 5.74) is 5.73. The Bertz CT molecular complexity index is 113. The van der Waals surface area contributed by atoms with Crippen LogP contribution in [-0.4, -0.2) is 32.0 Å². The number of hydrogen-bond donors (Lipinski definition) is 1. The highest BCUT2D eigenvalue weighted by Gasteiger charge is 2.14. The Morgan fingerprint density at radius 1 is 1.50 bits per heavy atom. The first-order chi connectivity index (χ1) is 5.83. The van der Waals surface area contributed by atoms with Gasteiger partial charge in [0.1, 0.15) is 0 Å². The second-order valence-corrected chi connectivity index (χ2v) is 3.31. The predicted octanol–water partition coefficient (Wildman–Crippen LogP) is 0.919. The fourth-order valence-corrected chi connectivity index (χ4v) is 1.22. The number of rotatable bonds is 4. The lowest BCUT2D eigenvalue weighted by atomic mass is 10.1. The third-order valence-electron chi connectivity index (χ3n) is 2.24. The highest BCUT2D eigenvalue weighted by molar-refractivity contribution is 4.64. The molecule has 0 amide bonds. The lowest BCUT2D eigenvalue weighted by molar-refractivity contribution is -0.0357. The van der Waals surface area contributed by atoms with E-state index in [1.165, 1.54) is 0 Å². The van der Waals surface area contributed by atoms with Crippen LogP contribution >= 0.6 is 0 Å². The van der Waals surface area contributed by atoms with Gasteiger partial charge in [-0.1, -0.05) is 6.92 Å². The van der Waals surface area contributed by atoms with Gasteiger partial charge in [-0.3, -0.25) is 0 Å². The molecule has 3 heteroatoms. The van der Waals surface area contributed by atoms with E-state index in [4.69, 9.17) is 15.2 Å². The summed E-state index contributed by atoms with van der Waals surface area (Å²) in [5, 5.41) is 0. The molecule has 0 bridgehead atoms. The van der Waals surface area contributed by atoms with E-state index in [1.54, 1.807) is 0 Å². The fourth-order valence-electron chi connectivity index (χ4n) is 1.22. The summed E-state index contributed by atoms with van der Waals surface area (Å²) in [6.07, 6.45) is 3.42. The van der Waals surface area contributed by atoms with Crippen LogP contribution in [0.2, 0.25) is 0 Å². The summed E-state index contributed by atoms with van der Waals surface area (Å²) in [6, 6.07) is 0.202. The molecule has 0 aromatic rings. The Morgan fingerprint density at radius 3 is 2.75 bits per heavy atom. The first-order valence-corrected chi connectivity index (χ1v) is 4.78. The van der Waals surface area contributed by atoms with E-state index in [0.29, 0.717) is 12.7 Å². The van der Waals surface area contributed by atoms with Crippen LogP contribution in [0.3, 0.4) is 0 Å². The maximum atomic E-state index is 5.73. The Balaban J connectivity index is 2.05. The average molecular weight is 173 g/mol. The van der Waals surface area contributed by atoms with Gasteiger partial charge in [0.05, 0.1) is 12.7 Å². The van der Waals surface area contributed by atoms with E-state index in [0.717, 1.165) is 32.5 Å². The molecule has 0 aliphatic carbocycles. The zero-order valence-corrected chi connectivity index (χ0v) is 7.79. The van der Waals surface area contributed by atoms with Gasteiger partial charge in [0.25, 0.3) is 0 Å². The summed E-state index contributed by atoms with van der Waals surface area (Å²) in [5.74, 6) is 0. The molecular weight excluding hydrogens is 154 g/mol. The minimum Gasteiger partial charge on any atom is -0.381 e. The van der Waals surface area contributed by atoms with Crippen molar-refractivity contribution in [1.29, 1.82) is 0 Å². The molecular formula is C9H19NO2. The Hall–Kier alpha value is -0.120. The second-order valence-electron chi connectivity index (χ2n) is 3.31. The monoisotopic (exact) mass is 173 g/mol. The second kappa shape index (κ2) is 5.51. The van der Waals surface area contributed by atoms with Gasteiger partial charge in [-0.15, -0.1) is 0 Å². The van der Waals surface area contributed by atoms with Crippen molar-refractivity contribution in [3.63, 3.8) is 0 Å². The lowest BCUT2D eigenvalue weighted by Crippen LogP contribution is -2.31. The number of nitrogens with two attached hydrogens (primary N) is 1. The minimum atomic E-state index is 0.202. The third-order valence-corrected chi connectivity index (χ3v) is 2.24. The van der Waals surface area contributed by atoms with Crippen LogP contribution in [0.4, 0.5) is 0 Å². The molecule has 2 N–H and O–H groups in total. The standard InChI is InChI=1S/C9H19NO2/c1-2-8(10)7-12-9-3-5-11-6-4-9/h8-9H,2-7,10H2,1H3. The van der Waals surface area contributed by atoms with Crippen LogP contribution < -0.4 is 5.73 Å². The van der Waals surface area contributed by atoms with Crippen molar-refractivity contribution in [1.82, 2.24) is 0 Å². The molecule has 1 fully saturated rings. The van der Waals surface area contributed by atoms with E-state index < -0.39 is 0 Å². The van der Waals surface area contributed by atoms with Gasteiger partial charge >= 0.3 is 0 Å². The summed E-state index contributed by atoms with van der Waals surface area (Å²) >= 11 is 0. The smallest absolute Gasteiger partial charge is 0.0621 e. The van der Waals surface area contributed by atoms with E-state index in [9.17, 15) is 0 Å². The molecule has 12 heavy (non-hydrogen) atoms. The van der Waals surface area contributed by atoms with Crippen LogP contribution in [-0.2, 0) is 9.47 Å². The van der Waals surface area contributed by atoms with Gasteiger partial charge in [0.15, 0.2) is 0 Å². The molecule has 1 rings (SSSR count). The quantitative estimate of drug-likeness (QED) is 0.687. The topological polar surface area (TPSA) is 44.5 Å². The zero-order chi connectivity index (χ0) is 8.81. The molecule has 0 aromatic heterocycles. The molecule has 0 saturated carbocycles. The lowest BCUT2D eigenvalue weighted by Gasteiger charge is -2.23. The molecule has 72 valence electrons. The van der Waals surface area contributed by atoms with Gasteiger partial charge in [-0.25, -0.2) is 0 Å². The molecule has 0 radical (unpaired) electrons. The summed E-state index contributed by atoms with van der Waals surface area (Å²) in [4.78, 5) is 0. The number of ether oxygens (including phenoxy) is 2. The molecule has 1 aliphatic heterocycles. The maximum absolute atomic E-state index is 5.73. The first kappa shape index (κ1) is 9.96. The van der Waals surface area contributed by atoms with Crippen molar-refractivity contribution in [2.24, 2.45) is 5.73 Å². The molecule has 0 spiro atoms. The highest BCUT2D eigenvalue weighted by atomic mass is 16.5. The van der Waals surface area contributed by atoms with E-state index in [-0.39, 0.29) is 6.04 Å². The van der Waals surface area contributed by atoms with Crippen molar-refractivity contribution < 1.29 is 9.47 Å². The first-order valence-electron chi connectivity index (χ1n) is 4.78. The third kappa shape index (κ3) is 3.52. The average Bonchev–Trinajstić information content (AvgIpc) is 2.16. The highest BCUT2D eigenvalue weighted by Crippen LogP contribution is 2.10. The summed E-state index contributed by atoms with van der Waals surface area (Å²) < 4.78 is 10.9. The van der Waals surface area contributed by atoms with Crippen LogP contribution in [0.1, 0.15) is 26.2 Å². The normalized spacial score (nSPS) is 22.5. The van der Waals surface area contributed by atoms with Crippen LogP contribution in [0.15, 0.2) is 0 Å². The van der Waals surface area contributed by atoms with Crippen LogP contribution in [0, 0.1) is 0 Å². The summed E-state index contributed by atoms with van der Waals surface area (Å²) in [7, 11) is 0. The van der Waals surface area contributed by atoms with Gasteiger partial charge in [0.2, 0.25) is 0 Å². The maximum Gasteiger partial charge on any atom is 0.0621 e. The van der Waals surface area contributed by atoms with Gasteiger partial charge in [-0.05, 0) is 19.3 Å². The molecule has 0 aromatic carbocycles. The van der Waals surface area contributed by atoms with Crippen molar-refractivity contribution in [3.8, 4) is 0 Å². The molecule has 1 unspecified atom stereocenters. The van der Waals surface area contributed by atoms with Gasteiger partial charge < -0.3 is 15.2 Å². The van der Waals surface area contributed by atoms with Crippen molar-refractivity contribution in [2.45, 2.75) is 38.3 Å². The van der Waals surface area contributed by atoms with Crippen molar-refractivity contribution >= 4 is 0 Å². The van der Waals surface area contributed by atoms with Crippen LogP contribution in [0.25, 0.3) is 0 Å². The van der Waals surface area contributed by atoms with Crippen LogP contribution in [0.5, 0.6) is 0 Å². The minimum absolute atomic E-state index is 0.202. The Morgan fingerprint density at radius 2 is 2.17 bits per heavy atom.